The Morgan fingerprint density at radius 1 is 1.21 bits per heavy atom. The molecule has 0 aliphatic heterocycles. The molecular weight excluding hydrogens is 238 g/mol. The van der Waals surface area contributed by atoms with Crippen LogP contribution < -0.4 is 4.74 Å². The molecule has 0 atom stereocenters. The number of aryl methyl sites for hydroxylation is 2. The lowest BCUT2D eigenvalue weighted by molar-refractivity contribution is 0.415. The van der Waals surface area contributed by atoms with Crippen LogP contribution in [0.1, 0.15) is 5.56 Å². The molecule has 2 heterocycles. The van der Waals surface area contributed by atoms with Crippen molar-refractivity contribution in [2.45, 2.75) is 6.92 Å². The van der Waals surface area contributed by atoms with Crippen LogP contribution in [0.25, 0.3) is 22.4 Å². The number of methoxy groups -OCH3 is 1. The molecule has 0 bridgehead atoms. The number of fused-ring (bicyclic) bond motifs is 1. The lowest BCUT2D eigenvalue weighted by Gasteiger charge is -2.08. The molecule has 1 aromatic carbocycles. The van der Waals surface area contributed by atoms with Gasteiger partial charge in [0.1, 0.15) is 11.6 Å². The van der Waals surface area contributed by atoms with Crippen molar-refractivity contribution in [1.29, 1.82) is 0 Å². The van der Waals surface area contributed by atoms with E-state index in [9.17, 15) is 0 Å². The van der Waals surface area contributed by atoms with Gasteiger partial charge in [0.2, 0.25) is 0 Å². The quantitative estimate of drug-likeness (QED) is 0.705. The highest BCUT2D eigenvalue weighted by molar-refractivity contribution is 5.80. The number of aromatic nitrogens is 3. The first kappa shape index (κ1) is 11.7. The van der Waals surface area contributed by atoms with Gasteiger partial charge in [0.25, 0.3) is 0 Å². The Kier molecular flexibility index (Phi) is 2.71. The van der Waals surface area contributed by atoms with Crippen molar-refractivity contribution in [3.8, 4) is 17.1 Å². The van der Waals surface area contributed by atoms with E-state index in [0.717, 1.165) is 28.2 Å². The van der Waals surface area contributed by atoms with Gasteiger partial charge < -0.3 is 9.30 Å². The van der Waals surface area contributed by atoms with E-state index in [0.29, 0.717) is 0 Å². The van der Waals surface area contributed by atoms with Crippen molar-refractivity contribution in [3.63, 3.8) is 0 Å². The minimum absolute atomic E-state index is 0.839. The molecular formula is C15H15N3O. The number of hydrogen-bond acceptors (Lipinski definition) is 3. The molecule has 0 amide bonds. The molecule has 0 aliphatic carbocycles. The standard InChI is InChI=1S/C15H15N3O/c1-10-4-5-11(19-3)8-12(10)15-17-13-6-7-16-9-14(13)18(15)2/h4-9H,1-3H3. The normalized spacial score (nSPS) is 10.9. The molecule has 4 nitrogen and oxygen atoms in total. The van der Waals surface area contributed by atoms with Crippen molar-refractivity contribution in [3.05, 3.63) is 42.2 Å². The predicted molar refractivity (Wildman–Crippen MR) is 75.2 cm³/mol. The Balaban J connectivity index is 2.27. The molecule has 2 aromatic heterocycles. The van der Waals surface area contributed by atoms with E-state index in [1.807, 2.05) is 37.5 Å². The summed E-state index contributed by atoms with van der Waals surface area (Å²) >= 11 is 0. The Morgan fingerprint density at radius 2 is 2.05 bits per heavy atom. The average molecular weight is 253 g/mol. The van der Waals surface area contributed by atoms with Crippen LogP contribution >= 0.6 is 0 Å². The van der Waals surface area contributed by atoms with E-state index in [4.69, 9.17) is 4.74 Å². The summed E-state index contributed by atoms with van der Waals surface area (Å²) in [7, 11) is 3.68. The molecule has 0 unspecified atom stereocenters. The maximum absolute atomic E-state index is 5.30. The van der Waals surface area contributed by atoms with Crippen molar-refractivity contribution in [1.82, 2.24) is 14.5 Å². The van der Waals surface area contributed by atoms with Gasteiger partial charge in [-0.3, -0.25) is 4.98 Å². The fourth-order valence-electron chi connectivity index (χ4n) is 2.24. The first-order valence-electron chi connectivity index (χ1n) is 6.12. The maximum atomic E-state index is 5.30. The Labute approximate surface area is 111 Å². The van der Waals surface area contributed by atoms with E-state index in [2.05, 4.69) is 21.5 Å². The van der Waals surface area contributed by atoms with Gasteiger partial charge in [-0.25, -0.2) is 4.98 Å². The van der Waals surface area contributed by atoms with Crippen LogP contribution in [0.2, 0.25) is 0 Å². The summed E-state index contributed by atoms with van der Waals surface area (Å²) in [6, 6.07) is 7.95. The molecule has 0 radical (unpaired) electrons. The van der Waals surface area contributed by atoms with Crippen molar-refractivity contribution in [2.75, 3.05) is 7.11 Å². The highest BCUT2D eigenvalue weighted by Crippen LogP contribution is 2.28. The van der Waals surface area contributed by atoms with Crippen molar-refractivity contribution >= 4 is 11.0 Å². The third-order valence-corrected chi connectivity index (χ3v) is 3.37. The summed E-state index contributed by atoms with van der Waals surface area (Å²) in [5.41, 5.74) is 4.24. The fraction of sp³-hybridized carbons (Fsp3) is 0.200. The minimum Gasteiger partial charge on any atom is -0.497 e. The Morgan fingerprint density at radius 3 is 2.79 bits per heavy atom. The number of hydrogen-bond donors (Lipinski definition) is 0. The first-order chi connectivity index (χ1) is 9.20. The lowest BCUT2D eigenvalue weighted by atomic mass is 10.1. The number of nitrogens with zero attached hydrogens (tertiary/aromatic N) is 3. The SMILES string of the molecule is COc1ccc(C)c(-c2nc3ccncc3n2C)c1. The number of rotatable bonds is 2. The van der Waals surface area contributed by atoms with E-state index < -0.39 is 0 Å². The van der Waals surface area contributed by atoms with Crippen LogP contribution in [0.3, 0.4) is 0 Å². The van der Waals surface area contributed by atoms with Crippen LogP contribution in [0, 0.1) is 6.92 Å². The van der Waals surface area contributed by atoms with E-state index >= 15 is 0 Å². The molecule has 19 heavy (non-hydrogen) atoms. The van der Waals surface area contributed by atoms with Crippen molar-refractivity contribution in [2.24, 2.45) is 7.05 Å². The fourth-order valence-corrected chi connectivity index (χ4v) is 2.24. The molecule has 0 saturated carbocycles. The van der Waals surface area contributed by atoms with E-state index in [1.165, 1.54) is 5.56 Å². The second-order valence-corrected chi connectivity index (χ2v) is 4.54. The second-order valence-electron chi connectivity index (χ2n) is 4.54. The zero-order chi connectivity index (χ0) is 13.4. The number of ether oxygens (including phenoxy) is 1. The van der Waals surface area contributed by atoms with Gasteiger partial charge in [-0.05, 0) is 30.7 Å². The van der Waals surface area contributed by atoms with Gasteiger partial charge >= 0.3 is 0 Å². The highest BCUT2D eigenvalue weighted by atomic mass is 16.5. The van der Waals surface area contributed by atoms with Gasteiger partial charge in [-0.1, -0.05) is 6.07 Å². The second kappa shape index (κ2) is 4.39. The zero-order valence-electron chi connectivity index (χ0n) is 11.2. The largest absolute Gasteiger partial charge is 0.497 e. The van der Waals surface area contributed by atoms with Crippen LogP contribution in [0.15, 0.2) is 36.7 Å². The summed E-state index contributed by atoms with van der Waals surface area (Å²) in [4.78, 5) is 8.84. The van der Waals surface area contributed by atoms with Crippen molar-refractivity contribution < 1.29 is 4.74 Å². The topological polar surface area (TPSA) is 39.9 Å². The number of imidazole rings is 1. The predicted octanol–water partition coefficient (Wildman–Crippen LogP) is 2.95. The molecule has 0 spiro atoms. The van der Waals surface area contributed by atoms with Gasteiger partial charge in [0.05, 0.1) is 24.3 Å². The Bertz CT molecular complexity index is 746. The van der Waals surface area contributed by atoms with Gasteiger partial charge in [-0.2, -0.15) is 0 Å². The molecule has 3 aromatic rings. The summed E-state index contributed by atoms with van der Waals surface area (Å²) in [5, 5.41) is 0. The van der Waals surface area contributed by atoms with Crippen LogP contribution in [-0.2, 0) is 7.05 Å². The zero-order valence-corrected chi connectivity index (χ0v) is 11.2. The number of pyridine rings is 1. The van der Waals surface area contributed by atoms with E-state index in [-0.39, 0.29) is 0 Å². The average Bonchev–Trinajstić information content (AvgIpc) is 2.77. The molecule has 96 valence electrons. The highest BCUT2D eigenvalue weighted by Gasteiger charge is 2.12. The van der Waals surface area contributed by atoms with Gasteiger partial charge in [0, 0.05) is 18.8 Å². The van der Waals surface area contributed by atoms with Gasteiger partial charge in [-0.15, -0.1) is 0 Å². The third-order valence-electron chi connectivity index (χ3n) is 3.37. The molecule has 0 fully saturated rings. The molecule has 0 aliphatic rings. The monoisotopic (exact) mass is 253 g/mol. The number of benzene rings is 1. The molecule has 0 saturated heterocycles. The summed E-state index contributed by atoms with van der Waals surface area (Å²) in [6.07, 6.45) is 3.60. The Hall–Kier alpha value is -2.36. The van der Waals surface area contributed by atoms with Gasteiger partial charge in [0.15, 0.2) is 0 Å². The molecule has 4 heteroatoms. The third kappa shape index (κ3) is 1.85. The van der Waals surface area contributed by atoms with Crippen LogP contribution in [0.4, 0.5) is 0 Å². The van der Waals surface area contributed by atoms with E-state index in [1.54, 1.807) is 13.3 Å². The molecule has 0 N–H and O–H groups in total. The smallest absolute Gasteiger partial charge is 0.141 e. The maximum Gasteiger partial charge on any atom is 0.141 e. The minimum atomic E-state index is 0.839. The summed E-state index contributed by atoms with van der Waals surface area (Å²) in [6.45, 7) is 2.08. The first-order valence-corrected chi connectivity index (χ1v) is 6.12. The molecule has 3 rings (SSSR count). The van der Waals surface area contributed by atoms with Crippen LogP contribution in [-0.4, -0.2) is 21.6 Å². The summed E-state index contributed by atoms with van der Waals surface area (Å²) in [5.74, 6) is 1.77. The van der Waals surface area contributed by atoms with Crippen LogP contribution in [0.5, 0.6) is 5.75 Å². The summed E-state index contributed by atoms with van der Waals surface area (Å²) < 4.78 is 7.36. The lowest BCUT2D eigenvalue weighted by Crippen LogP contribution is -1.95.